The molecule has 0 aliphatic carbocycles. The molecule has 3 heterocycles. The smallest absolute Gasteiger partial charge is 0.233 e. The van der Waals surface area contributed by atoms with Gasteiger partial charge in [-0.3, -0.25) is 9.36 Å². The topological polar surface area (TPSA) is 63.5 Å². The van der Waals surface area contributed by atoms with E-state index >= 15 is 0 Å². The minimum Gasteiger partial charge on any atom is -0.376 e. The number of hydrogen-bond acceptors (Lipinski definition) is 6. The van der Waals surface area contributed by atoms with Gasteiger partial charge in [0.25, 0.3) is 0 Å². The van der Waals surface area contributed by atoms with Crippen LogP contribution in [0.5, 0.6) is 0 Å². The van der Waals surface area contributed by atoms with Crippen molar-refractivity contribution in [1.29, 1.82) is 0 Å². The highest BCUT2D eigenvalue weighted by Crippen LogP contribution is 2.28. The summed E-state index contributed by atoms with van der Waals surface area (Å²) in [6.07, 6.45) is 2.23. The third-order valence-electron chi connectivity index (χ3n) is 6.31. The maximum Gasteiger partial charge on any atom is 0.233 e. The fraction of sp³-hybridized carbons (Fsp3) is 0.400. The van der Waals surface area contributed by atoms with Crippen molar-refractivity contribution in [3.05, 3.63) is 59.6 Å². The largest absolute Gasteiger partial charge is 0.376 e. The van der Waals surface area contributed by atoms with Crippen LogP contribution in [0.4, 0.5) is 5.69 Å². The van der Waals surface area contributed by atoms with Crippen LogP contribution in [0, 0.1) is 0 Å². The van der Waals surface area contributed by atoms with Crippen molar-refractivity contribution < 1.29 is 9.53 Å². The Morgan fingerprint density at radius 2 is 1.79 bits per heavy atom. The van der Waals surface area contributed by atoms with Crippen LogP contribution >= 0.6 is 23.4 Å². The van der Waals surface area contributed by atoms with Gasteiger partial charge < -0.3 is 14.5 Å². The van der Waals surface area contributed by atoms with Crippen LogP contribution in [0.2, 0.25) is 5.02 Å². The number of amides is 1. The van der Waals surface area contributed by atoms with Gasteiger partial charge in [0.05, 0.1) is 18.4 Å². The van der Waals surface area contributed by atoms with Crippen LogP contribution in [0.25, 0.3) is 11.4 Å². The quantitative estimate of drug-likeness (QED) is 0.455. The van der Waals surface area contributed by atoms with Crippen LogP contribution < -0.4 is 4.90 Å². The Morgan fingerprint density at radius 3 is 2.50 bits per heavy atom. The second-order valence-corrected chi connectivity index (χ2v) is 9.93. The Bertz CT molecular complexity index is 1090. The van der Waals surface area contributed by atoms with Crippen LogP contribution in [0.15, 0.2) is 59.8 Å². The van der Waals surface area contributed by atoms with E-state index in [1.807, 2.05) is 35.2 Å². The lowest BCUT2D eigenvalue weighted by Crippen LogP contribution is -2.49. The first-order chi connectivity index (χ1) is 16.7. The van der Waals surface area contributed by atoms with Gasteiger partial charge in [0.2, 0.25) is 5.91 Å². The molecule has 1 aromatic heterocycles. The molecule has 2 aliphatic heterocycles. The van der Waals surface area contributed by atoms with Crippen LogP contribution in [-0.4, -0.2) is 70.2 Å². The highest BCUT2D eigenvalue weighted by atomic mass is 35.5. The Balaban J connectivity index is 1.24. The highest BCUT2D eigenvalue weighted by molar-refractivity contribution is 7.99. The predicted molar refractivity (Wildman–Crippen MR) is 135 cm³/mol. The second-order valence-electron chi connectivity index (χ2n) is 8.55. The number of piperazine rings is 1. The number of carbonyl (C=O) groups is 1. The maximum atomic E-state index is 13.0. The molecule has 34 heavy (non-hydrogen) atoms. The van der Waals surface area contributed by atoms with Crippen molar-refractivity contribution in [3.8, 4) is 11.4 Å². The normalized spacial score (nSPS) is 18.4. The SMILES string of the molecule is O=C(CSc1nnc(-c2ccc(Cl)cc2)n1C[C@@H]1CCCO1)N1CCN(c2ccccc2)CC1. The number of benzene rings is 2. The summed E-state index contributed by atoms with van der Waals surface area (Å²) in [5.74, 6) is 1.26. The number of para-hydroxylation sites is 1. The summed E-state index contributed by atoms with van der Waals surface area (Å²) in [6, 6.07) is 18.0. The molecule has 5 rings (SSSR count). The lowest BCUT2D eigenvalue weighted by molar-refractivity contribution is -0.128. The van der Waals surface area contributed by atoms with Crippen molar-refractivity contribution >= 4 is 35.0 Å². The maximum absolute atomic E-state index is 13.0. The van der Waals surface area contributed by atoms with Gasteiger partial charge in [-0.25, -0.2) is 0 Å². The van der Waals surface area contributed by atoms with Crippen LogP contribution in [0.1, 0.15) is 12.8 Å². The minimum absolute atomic E-state index is 0.137. The van der Waals surface area contributed by atoms with E-state index in [1.165, 1.54) is 17.4 Å². The van der Waals surface area contributed by atoms with E-state index in [1.54, 1.807) is 0 Å². The van der Waals surface area contributed by atoms with Crippen LogP contribution in [-0.2, 0) is 16.1 Å². The van der Waals surface area contributed by atoms with Gasteiger partial charge >= 0.3 is 0 Å². The summed E-state index contributed by atoms with van der Waals surface area (Å²) in [7, 11) is 0. The molecule has 0 N–H and O–H groups in total. The fourth-order valence-corrected chi connectivity index (χ4v) is 5.41. The Labute approximate surface area is 209 Å². The summed E-state index contributed by atoms with van der Waals surface area (Å²) in [6.45, 7) is 4.61. The molecule has 2 saturated heterocycles. The van der Waals surface area contributed by atoms with E-state index in [0.717, 1.165) is 62.2 Å². The molecule has 2 aliphatic rings. The van der Waals surface area contributed by atoms with Gasteiger partial charge in [-0.15, -0.1) is 10.2 Å². The molecule has 2 fully saturated rings. The zero-order chi connectivity index (χ0) is 23.3. The first-order valence-corrected chi connectivity index (χ1v) is 13.0. The molecule has 0 radical (unpaired) electrons. The van der Waals surface area contributed by atoms with E-state index < -0.39 is 0 Å². The van der Waals surface area contributed by atoms with Gasteiger partial charge in [0, 0.05) is 49.1 Å². The number of halogens is 1. The number of rotatable bonds is 7. The summed E-state index contributed by atoms with van der Waals surface area (Å²) in [4.78, 5) is 17.3. The molecule has 0 unspecified atom stereocenters. The number of aromatic nitrogens is 3. The van der Waals surface area contributed by atoms with E-state index in [-0.39, 0.29) is 12.0 Å². The summed E-state index contributed by atoms with van der Waals surface area (Å²) in [5, 5.41) is 10.3. The minimum atomic E-state index is 0.137. The first kappa shape index (κ1) is 23.2. The lowest BCUT2D eigenvalue weighted by Gasteiger charge is -2.36. The van der Waals surface area contributed by atoms with Gasteiger partial charge in [0.1, 0.15) is 0 Å². The molecule has 178 valence electrons. The highest BCUT2D eigenvalue weighted by Gasteiger charge is 2.25. The molecule has 0 spiro atoms. The number of ether oxygens (including phenoxy) is 1. The predicted octanol–water partition coefficient (Wildman–Crippen LogP) is 4.22. The fourth-order valence-electron chi connectivity index (χ4n) is 4.43. The molecular weight excluding hydrogens is 470 g/mol. The van der Waals surface area contributed by atoms with Gasteiger partial charge in [-0.05, 0) is 49.2 Å². The summed E-state index contributed by atoms with van der Waals surface area (Å²) in [5.41, 5.74) is 2.16. The van der Waals surface area contributed by atoms with Crippen molar-refractivity contribution in [2.75, 3.05) is 43.4 Å². The lowest BCUT2D eigenvalue weighted by atomic mass is 10.2. The van der Waals surface area contributed by atoms with Crippen molar-refractivity contribution in [2.24, 2.45) is 0 Å². The van der Waals surface area contributed by atoms with E-state index in [9.17, 15) is 4.79 Å². The number of hydrogen-bond donors (Lipinski definition) is 0. The molecule has 3 aromatic rings. The molecule has 0 bridgehead atoms. The number of thioether (sulfide) groups is 1. The number of carbonyl (C=O) groups excluding carboxylic acids is 1. The third-order valence-corrected chi connectivity index (χ3v) is 7.51. The zero-order valence-electron chi connectivity index (χ0n) is 19.0. The Hall–Kier alpha value is -2.55. The first-order valence-electron chi connectivity index (χ1n) is 11.7. The van der Waals surface area contributed by atoms with Crippen molar-refractivity contribution in [3.63, 3.8) is 0 Å². The van der Waals surface area contributed by atoms with E-state index in [0.29, 0.717) is 17.3 Å². The average Bonchev–Trinajstić information content (AvgIpc) is 3.54. The monoisotopic (exact) mass is 497 g/mol. The van der Waals surface area contributed by atoms with Crippen molar-refractivity contribution in [2.45, 2.75) is 30.6 Å². The molecular formula is C25H28ClN5O2S. The number of nitrogens with zero attached hydrogens (tertiary/aromatic N) is 5. The average molecular weight is 498 g/mol. The molecule has 2 aromatic carbocycles. The van der Waals surface area contributed by atoms with Crippen LogP contribution in [0.3, 0.4) is 0 Å². The summed E-state index contributed by atoms with van der Waals surface area (Å²) >= 11 is 7.52. The molecule has 1 atom stereocenters. The molecule has 0 saturated carbocycles. The molecule has 7 nitrogen and oxygen atoms in total. The van der Waals surface area contributed by atoms with Gasteiger partial charge in [-0.2, -0.15) is 0 Å². The van der Waals surface area contributed by atoms with Gasteiger partial charge in [-0.1, -0.05) is 41.6 Å². The standard InChI is InChI=1S/C25H28ClN5O2S/c26-20-10-8-19(9-11-20)24-27-28-25(31(24)17-22-7-4-16-33-22)34-18-23(32)30-14-12-29(13-15-30)21-5-2-1-3-6-21/h1-3,5-6,8-11,22H,4,7,12-18H2/t22-/m0/s1. The van der Waals surface area contributed by atoms with Crippen molar-refractivity contribution in [1.82, 2.24) is 19.7 Å². The molecule has 9 heteroatoms. The van der Waals surface area contributed by atoms with Gasteiger partial charge in [0.15, 0.2) is 11.0 Å². The second kappa shape index (κ2) is 10.8. The van der Waals surface area contributed by atoms with E-state index in [2.05, 4.69) is 43.9 Å². The molecule has 1 amide bonds. The zero-order valence-corrected chi connectivity index (χ0v) is 20.5. The Kier molecular flexibility index (Phi) is 7.37. The number of anilines is 1. The Morgan fingerprint density at radius 1 is 1.03 bits per heavy atom. The third kappa shape index (κ3) is 5.40. The summed E-state index contributed by atoms with van der Waals surface area (Å²) < 4.78 is 7.96. The van der Waals surface area contributed by atoms with E-state index in [4.69, 9.17) is 16.3 Å².